The van der Waals surface area contributed by atoms with Crippen LogP contribution in [0.3, 0.4) is 0 Å². The third-order valence-corrected chi connectivity index (χ3v) is 2.99. The third-order valence-electron chi connectivity index (χ3n) is 2.99. The van der Waals surface area contributed by atoms with E-state index in [-0.39, 0.29) is 0 Å². The summed E-state index contributed by atoms with van der Waals surface area (Å²) in [5.74, 6) is 1.06. The molecule has 0 aliphatic carbocycles. The van der Waals surface area contributed by atoms with Crippen LogP contribution in [0.15, 0.2) is 41.3 Å². The van der Waals surface area contributed by atoms with Gasteiger partial charge in [0.05, 0.1) is 6.26 Å². The van der Waals surface area contributed by atoms with E-state index >= 15 is 0 Å². The quantitative estimate of drug-likeness (QED) is 0.848. The minimum atomic E-state index is 0.468. The molecule has 0 saturated carbocycles. The Kier molecular flexibility index (Phi) is 4.53. The second-order valence-corrected chi connectivity index (χ2v) is 4.77. The molecule has 2 heterocycles. The van der Waals surface area contributed by atoms with E-state index in [1.54, 1.807) is 6.26 Å². The van der Waals surface area contributed by atoms with Crippen molar-refractivity contribution in [3.8, 4) is 0 Å². The summed E-state index contributed by atoms with van der Waals surface area (Å²) in [6.07, 6.45) is 7.58. The second kappa shape index (κ2) is 6.36. The van der Waals surface area contributed by atoms with Crippen molar-refractivity contribution in [3.05, 3.63) is 53.7 Å². The standard InChI is InChI=1S/C15H20N2O/c1-12-8-14(10-16-9-12)11-17-13(2)5-6-15-4-3-7-18-15/h3-4,7-10,13,17H,5-6,11H2,1-2H3. The van der Waals surface area contributed by atoms with Gasteiger partial charge in [0.1, 0.15) is 5.76 Å². The smallest absolute Gasteiger partial charge is 0.103 e. The average Bonchev–Trinajstić information content (AvgIpc) is 2.87. The Bertz CT molecular complexity index is 465. The van der Waals surface area contributed by atoms with Gasteiger partial charge in [-0.05, 0) is 43.5 Å². The Morgan fingerprint density at radius 3 is 3.00 bits per heavy atom. The maximum atomic E-state index is 5.32. The number of pyridine rings is 1. The molecule has 18 heavy (non-hydrogen) atoms. The Morgan fingerprint density at radius 1 is 1.39 bits per heavy atom. The topological polar surface area (TPSA) is 38.1 Å². The number of furan rings is 1. The van der Waals surface area contributed by atoms with E-state index in [0.717, 1.165) is 25.1 Å². The van der Waals surface area contributed by atoms with Crippen LogP contribution in [-0.4, -0.2) is 11.0 Å². The van der Waals surface area contributed by atoms with Crippen LogP contribution in [0.5, 0.6) is 0 Å². The summed E-state index contributed by atoms with van der Waals surface area (Å²) in [7, 11) is 0. The van der Waals surface area contributed by atoms with Crippen LogP contribution in [-0.2, 0) is 13.0 Å². The molecular formula is C15H20N2O. The van der Waals surface area contributed by atoms with Gasteiger partial charge in [0.25, 0.3) is 0 Å². The lowest BCUT2D eigenvalue weighted by Gasteiger charge is -2.13. The zero-order valence-electron chi connectivity index (χ0n) is 11.0. The van der Waals surface area contributed by atoms with Gasteiger partial charge in [-0.2, -0.15) is 0 Å². The molecule has 2 rings (SSSR count). The summed E-state index contributed by atoms with van der Waals surface area (Å²) < 4.78 is 5.32. The number of aryl methyl sites for hydroxylation is 2. The molecule has 0 fully saturated rings. The molecule has 1 atom stereocenters. The molecule has 3 heteroatoms. The zero-order chi connectivity index (χ0) is 12.8. The molecular weight excluding hydrogens is 224 g/mol. The van der Waals surface area contributed by atoms with E-state index in [1.165, 1.54) is 11.1 Å². The van der Waals surface area contributed by atoms with Gasteiger partial charge < -0.3 is 9.73 Å². The highest BCUT2D eigenvalue weighted by Crippen LogP contribution is 2.07. The first kappa shape index (κ1) is 12.8. The van der Waals surface area contributed by atoms with Gasteiger partial charge in [-0.3, -0.25) is 4.98 Å². The van der Waals surface area contributed by atoms with Crippen molar-refractivity contribution in [2.45, 2.75) is 39.3 Å². The van der Waals surface area contributed by atoms with E-state index in [4.69, 9.17) is 4.42 Å². The predicted octanol–water partition coefficient (Wildman–Crippen LogP) is 3.09. The lowest BCUT2D eigenvalue weighted by Crippen LogP contribution is -2.26. The molecule has 0 radical (unpaired) electrons. The van der Waals surface area contributed by atoms with Gasteiger partial charge in [-0.1, -0.05) is 6.07 Å². The molecule has 2 aromatic heterocycles. The van der Waals surface area contributed by atoms with Gasteiger partial charge in [-0.25, -0.2) is 0 Å². The fourth-order valence-corrected chi connectivity index (χ4v) is 1.92. The fourth-order valence-electron chi connectivity index (χ4n) is 1.92. The van der Waals surface area contributed by atoms with Crippen molar-refractivity contribution in [2.75, 3.05) is 0 Å². The molecule has 0 aliphatic rings. The van der Waals surface area contributed by atoms with Crippen molar-refractivity contribution in [3.63, 3.8) is 0 Å². The van der Waals surface area contributed by atoms with Gasteiger partial charge >= 0.3 is 0 Å². The largest absolute Gasteiger partial charge is 0.469 e. The summed E-state index contributed by atoms with van der Waals surface area (Å²) in [6.45, 7) is 5.14. The second-order valence-electron chi connectivity index (χ2n) is 4.77. The molecule has 0 amide bonds. The van der Waals surface area contributed by atoms with Crippen LogP contribution in [0, 0.1) is 6.92 Å². The molecule has 0 bridgehead atoms. The fraction of sp³-hybridized carbons (Fsp3) is 0.400. The maximum absolute atomic E-state index is 5.32. The molecule has 0 spiro atoms. The van der Waals surface area contributed by atoms with Crippen LogP contribution in [0.1, 0.15) is 30.2 Å². The van der Waals surface area contributed by atoms with Crippen molar-refractivity contribution < 1.29 is 4.42 Å². The Hall–Kier alpha value is -1.61. The van der Waals surface area contributed by atoms with E-state index in [2.05, 4.69) is 30.2 Å². The van der Waals surface area contributed by atoms with Gasteiger partial charge in [0.2, 0.25) is 0 Å². The van der Waals surface area contributed by atoms with Crippen molar-refractivity contribution in [1.82, 2.24) is 10.3 Å². The normalized spacial score (nSPS) is 12.6. The van der Waals surface area contributed by atoms with Crippen LogP contribution in [0.4, 0.5) is 0 Å². The van der Waals surface area contributed by atoms with Gasteiger partial charge in [0, 0.05) is 31.4 Å². The molecule has 3 nitrogen and oxygen atoms in total. The predicted molar refractivity (Wildman–Crippen MR) is 72.3 cm³/mol. The highest BCUT2D eigenvalue weighted by Gasteiger charge is 2.04. The number of nitrogens with one attached hydrogen (secondary N) is 1. The number of hydrogen-bond donors (Lipinski definition) is 1. The molecule has 0 aromatic carbocycles. The van der Waals surface area contributed by atoms with E-state index in [9.17, 15) is 0 Å². The molecule has 0 aliphatic heterocycles. The van der Waals surface area contributed by atoms with Gasteiger partial charge in [-0.15, -0.1) is 0 Å². The van der Waals surface area contributed by atoms with E-state index in [1.807, 2.05) is 24.5 Å². The Morgan fingerprint density at radius 2 is 2.28 bits per heavy atom. The Balaban J connectivity index is 1.73. The maximum Gasteiger partial charge on any atom is 0.103 e. The van der Waals surface area contributed by atoms with Crippen molar-refractivity contribution in [1.29, 1.82) is 0 Å². The lowest BCUT2D eigenvalue weighted by atomic mass is 10.1. The van der Waals surface area contributed by atoms with Crippen LogP contribution in [0.2, 0.25) is 0 Å². The number of rotatable bonds is 6. The highest BCUT2D eigenvalue weighted by atomic mass is 16.3. The zero-order valence-corrected chi connectivity index (χ0v) is 11.0. The molecule has 0 saturated heterocycles. The Labute approximate surface area is 108 Å². The third kappa shape index (κ3) is 4.00. The summed E-state index contributed by atoms with van der Waals surface area (Å²) in [5.41, 5.74) is 2.44. The SMILES string of the molecule is Cc1cncc(CNC(C)CCc2ccco2)c1. The monoisotopic (exact) mass is 244 g/mol. The highest BCUT2D eigenvalue weighted by molar-refractivity contribution is 5.16. The number of aromatic nitrogens is 1. The lowest BCUT2D eigenvalue weighted by molar-refractivity contribution is 0.459. The minimum Gasteiger partial charge on any atom is -0.469 e. The van der Waals surface area contributed by atoms with Crippen LogP contribution < -0.4 is 5.32 Å². The first-order chi connectivity index (χ1) is 8.74. The molecule has 1 N–H and O–H groups in total. The van der Waals surface area contributed by atoms with Crippen molar-refractivity contribution >= 4 is 0 Å². The number of nitrogens with zero attached hydrogens (tertiary/aromatic N) is 1. The first-order valence-electron chi connectivity index (χ1n) is 6.40. The van der Waals surface area contributed by atoms with Gasteiger partial charge in [0.15, 0.2) is 0 Å². The summed E-state index contributed by atoms with van der Waals surface area (Å²) in [5, 5.41) is 3.51. The van der Waals surface area contributed by atoms with E-state index < -0.39 is 0 Å². The summed E-state index contributed by atoms with van der Waals surface area (Å²) in [6, 6.07) is 6.60. The molecule has 96 valence electrons. The van der Waals surface area contributed by atoms with Crippen LogP contribution in [0.25, 0.3) is 0 Å². The molecule has 2 aromatic rings. The number of hydrogen-bond acceptors (Lipinski definition) is 3. The first-order valence-corrected chi connectivity index (χ1v) is 6.40. The van der Waals surface area contributed by atoms with E-state index in [0.29, 0.717) is 6.04 Å². The van der Waals surface area contributed by atoms with Crippen molar-refractivity contribution in [2.24, 2.45) is 0 Å². The minimum absolute atomic E-state index is 0.468. The molecule has 1 unspecified atom stereocenters. The summed E-state index contributed by atoms with van der Waals surface area (Å²) in [4.78, 5) is 4.19. The average molecular weight is 244 g/mol. The summed E-state index contributed by atoms with van der Waals surface area (Å²) >= 11 is 0. The van der Waals surface area contributed by atoms with Crippen LogP contribution >= 0.6 is 0 Å².